The molecular formula is C14H22BrClN2O2. The third-order valence-electron chi connectivity index (χ3n) is 2.94. The Kier molecular flexibility index (Phi) is 9.63. The van der Waals surface area contributed by atoms with Crippen LogP contribution < -0.4 is 15.8 Å². The van der Waals surface area contributed by atoms with E-state index < -0.39 is 0 Å². The van der Waals surface area contributed by atoms with E-state index in [9.17, 15) is 4.79 Å². The molecule has 1 aromatic carbocycles. The Morgan fingerprint density at radius 3 is 2.75 bits per heavy atom. The van der Waals surface area contributed by atoms with Gasteiger partial charge in [0.2, 0.25) is 0 Å². The SMILES string of the molecule is CCCCC(CN)NC(=O)c1cc(OC)ccc1Br.Cl. The number of ether oxygens (including phenoxy) is 1. The van der Waals surface area contributed by atoms with Crippen LogP contribution >= 0.6 is 28.3 Å². The third-order valence-corrected chi connectivity index (χ3v) is 3.64. The molecule has 0 aliphatic heterocycles. The second-order valence-electron chi connectivity index (χ2n) is 4.39. The highest BCUT2D eigenvalue weighted by molar-refractivity contribution is 9.10. The normalized spacial score (nSPS) is 11.4. The second kappa shape index (κ2) is 10.0. The molecular weight excluding hydrogens is 344 g/mol. The van der Waals surface area contributed by atoms with Gasteiger partial charge >= 0.3 is 0 Å². The number of unbranched alkanes of at least 4 members (excludes halogenated alkanes) is 1. The van der Waals surface area contributed by atoms with Gasteiger partial charge in [0.05, 0.1) is 12.7 Å². The van der Waals surface area contributed by atoms with E-state index in [2.05, 4.69) is 28.2 Å². The zero-order chi connectivity index (χ0) is 14.3. The number of methoxy groups -OCH3 is 1. The number of halogens is 2. The molecule has 20 heavy (non-hydrogen) atoms. The Balaban J connectivity index is 0.00000361. The van der Waals surface area contributed by atoms with Gasteiger partial charge in [-0.2, -0.15) is 0 Å². The summed E-state index contributed by atoms with van der Waals surface area (Å²) in [7, 11) is 1.58. The zero-order valence-corrected chi connectivity index (χ0v) is 14.2. The summed E-state index contributed by atoms with van der Waals surface area (Å²) >= 11 is 3.38. The molecule has 1 unspecified atom stereocenters. The summed E-state index contributed by atoms with van der Waals surface area (Å²) in [6, 6.07) is 5.34. The predicted molar refractivity (Wildman–Crippen MR) is 87.8 cm³/mol. The molecule has 0 radical (unpaired) electrons. The molecule has 0 aliphatic rings. The van der Waals surface area contributed by atoms with Crippen molar-refractivity contribution < 1.29 is 9.53 Å². The number of amides is 1. The lowest BCUT2D eigenvalue weighted by molar-refractivity contribution is 0.0934. The summed E-state index contributed by atoms with van der Waals surface area (Å²) in [5.74, 6) is 0.531. The van der Waals surface area contributed by atoms with Crippen molar-refractivity contribution in [3.8, 4) is 5.75 Å². The van der Waals surface area contributed by atoms with Gasteiger partial charge in [0.25, 0.3) is 5.91 Å². The molecule has 0 heterocycles. The smallest absolute Gasteiger partial charge is 0.252 e. The number of benzene rings is 1. The molecule has 1 amide bonds. The number of nitrogens with two attached hydrogens (primary N) is 1. The first-order chi connectivity index (χ1) is 9.12. The van der Waals surface area contributed by atoms with Crippen LogP contribution in [0.25, 0.3) is 0 Å². The number of rotatable bonds is 7. The number of carbonyl (C=O) groups excluding carboxylic acids is 1. The van der Waals surface area contributed by atoms with Crippen LogP contribution in [0.1, 0.15) is 36.5 Å². The van der Waals surface area contributed by atoms with Gasteiger partial charge in [0, 0.05) is 17.1 Å². The molecule has 114 valence electrons. The van der Waals surface area contributed by atoms with Crippen molar-refractivity contribution in [2.24, 2.45) is 5.73 Å². The molecule has 1 aromatic rings. The monoisotopic (exact) mass is 364 g/mol. The van der Waals surface area contributed by atoms with E-state index in [0.29, 0.717) is 17.9 Å². The van der Waals surface area contributed by atoms with Crippen LogP contribution in [0.4, 0.5) is 0 Å². The predicted octanol–water partition coefficient (Wildman–Crippen LogP) is 3.13. The van der Waals surface area contributed by atoms with E-state index in [1.54, 1.807) is 25.3 Å². The summed E-state index contributed by atoms with van der Waals surface area (Å²) in [5.41, 5.74) is 6.25. The molecule has 0 fully saturated rings. The highest BCUT2D eigenvalue weighted by Gasteiger charge is 2.15. The first-order valence-electron chi connectivity index (χ1n) is 6.46. The molecule has 3 N–H and O–H groups in total. The zero-order valence-electron chi connectivity index (χ0n) is 11.8. The van der Waals surface area contributed by atoms with Crippen LogP contribution in [0.2, 0.25) is 0 Å². The summed E-state index contributed by atoms with van der Waals surface area (Å²) in [6.45, 7) is 2.57. The fourth-order valence-electron chi connectivity index (χ4n) is 1.77. The first kappa shape index (κ1) is 19.2. The van der Waals surface area contributed by atoms with Crippen LogP contribution in [-0.4, -0.2) is 25.6 Å². The van der Waals surface area contributed by atoms with Gasteiger partial charge in [-0.05, 0) is 40.5 Å². The summed E-state index contributed by atoms with van der Waals surface area (Å²) < 4.78 is 5.88. The van der Waals surface area contributed by atoms with Gasteiger partial charge in [0.15, 0.2) is 0 Å². The molecule has 1 rings (SSSR count). The highest BCUT2D eigenvalue weighted by Crippen LogP contribution is 2.22. The van der Waals surface area contributed by atoms with Gasteiger partial charge in [-0.3, -0.25) is 4.79 Å². The molecule has 0 saturated carbocycles. The number of hydrogen-bond acceptors (Lipinski definition) is 3. The minimum atomic E-state index is -0.127. The molecule has 0 aromatic heterocycles. The Bertz CT molecular complexity index is 430. The lowest BCUT2D eigenvalue weighted by Crippen LogP contribution is -2.40. The molecule has 4 nitrogen and oxygen atoms in total. The number of nitrogens with one attached hydrogen (secondary N) is 1. The van der Waals surface area contributed by atoms with Crippen molar-refractivity contribution in [3.05, 3.63) is 28.2 Å². The Morgan fingerprint density at radius 1 is 1.50 bits per heavy atom. The van der Waals surface area contributed by atoms with Crippen molar-refractivity contribution in [1.29, 1.82) is 0 Å². The largest absolute Gasteiger partial charge is 0.497 e. The number of hydrogen-bond donors (Lipinski definition) is 2. The fraction of sp³-hybridized carbons (Fsp3) is 0.500. The van der Waals surface area contributed by atoms with Gasteiger partial charge in [-0.15, -0.1) is 12.4 Å². The highest BCUT2D eigenvalue weighted by atomic mass is 79.9. The maximum atomic E-state index is 12.2. The average Bonchev–Trinajstić information content (AvgIpc) is 2.43. The van der Waals surface area contributed by atoms with Gasteiger partial charge in [-0.25, -0.2) is 0 Å². The molecule has 6 heteroatoms. The number of carbonyl (C=O) groups is 1. The van der Waals surface area contributed by atoms with E-state index in [4.69, 9.17) is 10.5 Å². The Labute approximate surface area is 135 Å². The van der Waals surface area contributed by atoms with E-state index in [1.807, 2.05) is 0 Å². The Morgan fingerprint density at radius 2 is 2.20 bits per heavy atom. The lowest BCUT2D eigenvalue weighted by Gasteiger charge is -2.17. The van der Waals surface area contributed by atoms with Gasteiger partial charge in [0.1, 0.15) is 5.75 Å². The summed E-state index contributed by atoms with van der Waals surface area (Å²) in [5, 5.41) is 2.96. The van der Waals surface area contributed by atoms with Crippen LogP contribution in [0.5, 0.6) is 5.75 Å². The van der Waals surface area contributed by atoms with Crippen molar-refractivity contribution in [3.63, 3.8) is 0 Å². The summed E-state index contributed by atoms with van der Waals surface area (Å²) in [4.78, 5) is 12.2. The average molecular weight is 366 g/mol. The van der Waals surface area contributed by atoms with E-state index in [1.165, 1.54) is 0 Å². The Hall–Kier alpha value is -0.780. The van der Waals surface area contributed by atoms with E-state index in [0.717, 1.165) is 23.7 Å². The third kappa shape index (κ3) is 5.69. The van der Waals surface area contributed by atoms with Crippen molar-refractivity contribution in [2.45, 2.75) is 32.2 Å². The fourth-order valence-corrected chi connectivity index (χ4v) is 2.19. The maximum absolute atomic E-state index is 12.2. The van der Waals surface area contributed by atoms with Crippen LogP contribution in [0, 0.1) is 0 Å². The quantitative estimate of drug-likeness (QED) is 0.780. The van der Waals surface area contributed by atoms with E-state index >= 15 is 0 Å². The first-order valence-corrected chi connectivity index (χ1v) is 7.26. The lowest BCUT2D eigenvalue weighted by atomic mass is 10.1. The minimum absolute atomic E-state index is 0. The minimum Gasteiger partial charge on any atom is -0.497 e. The molecule has 0 aliphatic carbocycles. The molecule has 0 saturated heterocycles. The standard InChI is InChI=1S/C14H21BrN2O2.ClH/c1-3-4-5-10(9-16)17-14(18)12-8-11(19-2)6-7-13(12)15;/h6-8,10H,3-5,9,16H2,1-2H3,(H,17,18);1H. The molecule has 1 atom stereocenters. The van der Waals surface area contributed by atoms with Crippen molar-refractivity contribution in [2.75, 3.05) is 13.7 Å². The van der Waals surface area contributed by atoms with Crippen molar-refractivity contribution >= 4 is 34.2 Å². The van der Waals surface area contributed by atoms with Crippen LogP contribution in [0.15, 0.2) is 22.7 Å². The van der Waals surface area contributed by atoms with Gasteiger partial charge in [-0.1, -0.05) is 19.8 Å². The topological polar surface area (TPSA) is 64.3 Å². The van der Waals surface area contributed by atoms with Crippen LogP contribution in [-0.2, 0) is 0 Å². The van der Waals surface area contributed by atoms with E-state index in [-0.39, 0.29) is 24.4 Å². The summed E-state index contributed by atoms with van der Waals surface area (Å²) in [6.07, 6.45) is 3.05. The van der Waals surface area contributed by atoms with Crippen LogP contribution in [0.3, 0.4) is 0 Å². The second-order valence-corrected chi connectivity index (χ2v) is 5.25. The van der Waals surface area contributed by atoms with Crippen molar-refractivity contribution in [1.82, 2.24) is 5.32 Å². The molecule has 0 bridgehead atoms. The maximum Gasteiger partial charge on any atom is 0.252 e. The van der Waals surface area contributed by atoms with Gasteiger partial charge < -0.3 is 15.8 Å². The molecule has 0 spiro atoms.